The van der Waals surface area contributed by atoms with Crippen LogP contribution in [0.5, 0.6) is 11.5 Å². The van der Waals surface area contributed by atoms with Gasteiger partial charge in [-0.25, -0.2) is 9.78 Å². The minimum absolute atomic E-state index is 0.138. The highest BCUT2D eigenvalue weighted by atomic mass is 16.5. The summed E-state index contributed by atoms with van der Waals surface area (Å²) in [5.41, 5.74) is 0.753. The maximum Gasteiger partial charge on any atom is 0.339 e. The van der Waals surface area contributed by atoms with Crippen LogP contribution in [-0.4, -0.2) is 52.4 Å². The van der Waals surface area contributed by atoms with Crippen molar-refractivity contribution in [2.24, 2.45) is 0 Å². The molecule has 0 spiro atoms. The number of hydrogen-bond acceptors (Lipinski definition) is 7. The zero-order valence-electron chi connectivity index (χ0n) is 19.6. The van der Waals surface area contributed by atoms with Gasteiger partial charge in [0.15, 0.2) is 11.5 Å². The Morgan fingerprint density at radius 2 is 1.72 bits per heavy atom. The van der Waals surface area contributed by atoms with Crippen molar-refractivity contribution in [2.75, 3.05) is 19.0 Å². The molecule has 2 heterocycles. The molecule has 10 nitrogen and oxygen atoms in total. The molecule has 0 aliphatic carbocycles. The Balaban J connectivity index is 1.73. The van der Waals surface area contributed by atoms with Gasteiger partial charge in [0.2, 0.25) is 5.91 Å². The monoisotopic (exact) mass is 489 g/mol. The van der Waals surface area contributed by atoms with E-state index < -0.39 is 29.7 Å². The fourth-order valence-electron chi connectivity index (χ4n) is 4.05. The van der Waals surface area contributed by atoms with Crippen LogP contribution in [0.2, 0.25) is 0 Å². The van der Waals surface area contributed by atoms with Crippen molar-refractivity contribution in [1.82, 2.24) is 9.88 Å². The molecule has 1 unspecified atom stereocenters. The molecule has 0 saturated heterocycles. The third-order valence-corrected chi connectivity index (χ3v) is 5.68. The quantitative estimate of drug-likeness (QED) is 0.436. The number of hydrogen-bond donors (Lipinski definition) is 2. The molecule has 3 amide bonds. The topological polar surface area (TPSA) is 135 Å². The number of nitrogens with zero attached hydrogens (tertiary/aromatic N) is 2. The lowest BCUT2D eigenvalue weighted by molar-refractivity contribution is -0.117. The standard InChI is InChI=1S/C26H23N3O7/c1-3-36-21-13-15(10-11-20(21)35-2)19(29-24(31)16-7-4-5-8-17(16)25(29)32)14-22(30)28-23-18(26(33)34)9-6-12-27-23/h4-13,19H,3,14H2,1-2H3,(H,33,34)(H,27,28,30). The zero-order chi connectivity index (χ0) is 25.8. The third-order valence-electron chi connectivity index (χ3n) is 5.68. The van der Waals surface area contributed by atoms with E-state index in [1.807, 2.05) is 0 Å². The maximum absolute atomic E-state index is 13.3. The van der Waals surface area contributed by atoms with Gasteiger partial charge in [0.25, 0.3) is 11.8 Å². The van der Waals surface area contributed by atoms with Crippen molar-refractivity contribution < 1.29 is 33.8 Å². The SMILES string of the molecule is CCOc1cc(C(CC(=O)Nc2ncccc2C(=O)O)N2C(=O)c3ccccc3C2=O)ccc1OC. The molecule has 4 rings (SSSR count). The van der Waals surface area contributed by atoms with E-state index in [4.69, 9.17) is 9.47 Å². The predicted molar refractivity (Wildman–Crippen MR) is 128 cm³/mol. The largest absolute Gasteiger partial charge is 0.493 e. The van der Waals surface area contributed by atoms with Gasteiger partial charge in [-0.3, -0.25) is 19.3 Å². The minimum atomic E-state index is -1.26. The number of rotatable bonds is 9. The Labute approximate surface area is 206 Å². The van der Waals surface area contributed by atoms with Crippen LogP contribution in [-0.2, 0) is 4.79 Å². The zero-order valence-corrected chi connectivity index (χ0v) is 19.6. The molecule has 184 valence electrons. The number of aromatic nitrogens is 1. The van der Waals surface area contributed by atoms with E-state index in [-0.39, 0.29) is 28.9 Å². The molecule has 1 aliphatic rings. The lowest BCUT2D eigenvalue weighted by Gasteiger charge is -2.27. The summed E-state index contributed by atoms with van der Waals surface area (Å²) in [6, 6.07) is 13.1. The van der Waals surface area contributed by atoms with Crippen LogP contribution in [0, 0.1) is 0 Å². The number of ether oxygens (including phenoxy) is 2. The third kappa shape index (κ3) is 4.61. The Kier molecular flexibility index (Phi) is 6.95. The number of carbonyl (C=O) groups excluding carboxylic acids is 3. The van der Waals surface area contributed by atoms with E-state index in [1.165, 1.54) is 25.4 Å². The second-order valence-corrected chi connectivity index (χ2v) is 7.84. The average Bonchev–Trinajstić information content (AvgIpc) is 3.13. The number of methoxy groups -OCH3 is 1. The van der Waals surface area contributed by atoms with Gasteiger partial charge >= 0.3 is 5.97 Å². The van der Waals surface area contributed by atoms with E-state index in [0.29, 0.717) is 23.7 Å². The number of fused-ring (bicyclic) bond motifs is 1. The Morgan fingerprint density at radius 1 is 1.03 bits per heavy atom. The molecule has 1 atom stereocenters. The maximum atomic E-state index is 13.3. The van der Waals surface area contributed by atoms with Crippen molar-refractivity contribution in [3.05, 3.63) is 83.0 Å². The number of nitrogens with one attached hydrogen (secondary N) is 1. The Morgan fingerprint density at radius 3 is 2.33 bits per heavy atom. The fraction of sp³-hybridized carbons (Fsp3) is 0.192. The summed E-state index contributed by atoms with van der Waals surface area (Å²) in [4.78, 5) is 56.1. The summed E-state index contributed by atoms with van der Waals surface area (Å²) in [5, 5.41) is 11.9. The van der Waals surface area contributed by atoms with Crippen molar-refractivity contribution in [2.45, 2.75) is 19.4 Å². The highest BCUT2D eigenvalue weighted by molar-refractivity contribution is 6.21. The van der Waals surface area contributed by atoms with Gasteiger partial charge in [-0.2, -0.15) is 0 Å². The number of amides is 3. The molecule has 2 aromatic carbocycles. The van der Waals surface area contributed by atoms with Crippen LogP contribution < -0.4 is 14.8 Å². The number of carbonyl (C=O) groups is 4. The smallest absolute Gasteiger partial charge is 0.339 e. The van der Waals surface area contributed by atoms with Gasteiger partial charge in [0.1, 0.15) is 11.4 Å². The highest BCUT2D eigenvalue weighted by Crippen LogP contribution is 2.37. The number of pyridine rings is 1. The molecule has 2 N–H and O–H groups in total. The minimum Gasteiger partial charge on any atom is -0.493 e. The first-order chi connectivity index (χ1) is 17.3. The summed E-state index contributed by atoms with van der Waals surface area (Å²) in [5.74, 6) is -2.26. The number of imide groups is 1. The molecular weight excluding hydrogens is 466 g/mol. The van der Waals surface area contributed by atoms with Gasteiger partial charge in [-0.15, -0.1) is 0 Å². The van der Waals surface area contributed by atoms with Crippen LogP contribution in [0.25, 0.3) is 0 Å². The normalized spacial score (nSPS) is 13.2. The lowest BCUT2D eigenvalue weighted by Crippen LogP contribution is -2.36. The first-order valence-electron chi connectivity index (χ1n) is 11.1. The van der Waals surface area contributed by atoms with Crippen LogP contribution >= 0.6 is 0 Å². The van der Waals surface area contributed by atoms with Crippen LogP contribution in [0.15, 0.2) is 60.8 Å². The average molecular weight is 489 g/mol. The molecule has 0 fully saturated rings. The van der Waals surface area contributed by atoms with Crippen molar-refractivity contribution in [3.63, 3.8) is 0 Å². The Hall–Kier alpha value is -4.73. The molecule has 0 saturated carbocycles. The van der Waals surface area contributed by atoms with E-state index >= 15 is 0 Å². The number of aromatic carboxylic acids is 1. The van der Waals surface area contributed by atoms with Crippen molar-refractivity contribution in [3.8, 4) is 11.5 Å². The summed E-state index contributed by atoms with van der Waals surface area (Å²) < 4.78 is 11.0. The first kappa shape index (κ1) is 24.4. The molecule has 1 aromatic heterocycles. The molecule has 36 heavy (non-hydrogen) atoms. The van der Waals surface area contributed by atoms with Crippen molar-refractivity contribution in [1.29, 1.82) is 0 Å². The van der Waals surface area contributed by atoms with E-state index in [9.17, 15) is 24.3 Å². The second kappa shape index (κ2) is 10.3. The molecule has 3 aromatic rings. The van der Waals surface area contributed by atoms with Gasteiger partial charge in [0, 0.05) is 6.20 Å². The van der Waals surface area contributed by atoms with Gasteiger partial charge in [-0.1, -0.05) is 18.2 Å². The van der Waals surface area contributed by atoms with Crippen molar-refractivity contribution >= 4 is 29.5 Å². The van der Waals surface area contributed by atoms with E-state index in [2.05, 4.69) is 10.3 Å². The summed E-state index contributed by atoms with van der Waals surface area (Å²) in [7, 11) is 1.49. The first-order valence-corrected chi connectivity index (χ1v) is 11.1. The fourth-order valence-corrected chi connectivity index (χ4v) is 4.05. The summed E-state index contributed by atoms with van der Waals surface area (Å²) >= 11 is 0. The second-order valence-electron chi connectivity index (χ2n) is 7.84. The van der Waals surface area contributed by atoms with E-state index in [1.54, 1.807) is 49.4 Å². The number of anilines is 1. The molecule has 10 heteroatoms. The molecule has 0 radical (unpaired) electrons. The highest BCUT2D eigenvalue weighted by Gasteiger charge is 2.41. The van der Waals surface area contributed by atoms with Crippen LogP contribution in [0.3, 0.4) is 0 Å². The summed E-state index contributed by atoms with van der Waals surface area (Å²) in [6.45, 7) is 2.14. The van der Waals surface area contributed by atoms with Crippen LogP contribution in [0.1, 0.15) is 56.0 Å². The molecule has 0 bridgehead atoms. The van der Waals surface area contributed by atoms with Gasteiger partial charge in [0.05, 0.1) is 37.3 Å². The Bertz CT molecular complexity index is 1320. The predicted octanol–water partition coefficient (Wildman–Crippen LogP) is 3.55. The lowest BCUT2D eigenvalue weighted by atomic mass is 10.0. The summed E-state index contributed by atoms with van der Waals surface area (Å²) in [6.07, 6.45) is 1.00. The molecular formula is C26H23N3O7. The molecule has 1 aliphatic heterocycles. The van der Waals surface area contributed by atoms with Gasteiger partial charge < -0.3 is 19.9 Å². The van der Waals surface area contributed by atoms with Gasteiger partial charge in [-0.05, 0) is 48.9 Å². The number of carboxylic acid groups (broad SMARTS) is 1. The van der Waals surface area contributed by atoms with E-state index in [0.717, 1.165) is 4.90 Å². The number of benzene rings is 2. The van der Waals surface area contributed by atoms with Crippen LogP contribution in [0.4, 0.5) is 5.82 Å². The number of carboxylic acids is 1.